The molecule has 4 rings (SSSR count). The third-order valence-corrected chi connectivity index (χ3v) is 6.34. The number of hydrogen-bond acceptors (Lipinski definition) is 5. The zero-order chi connectivity index (χ0) is 22.5. The number of imidazole rings is 1. The summed E-state index contributed by atoms with van der Waals surface area (Å²) in [4.78, 5) is 22.4. The van der Waals surface area contributed by atoms with Crippen LogP contribution in [0.2, 0.25) is 5.02 Å². The molecule has 1 atom stereocenters. The molecule has 8 heteroatoms. The number of rotatable bonds is 8. The van der Waals surface area contributed by atoms with Gasteiger partial charge in [0.2, 0.25) is 5.91 Å². The lowest BCUT2D eigenvalue weighted by molar-refractivity contribution is -0.119. The molecule has 0 aliphatic heterocycles. The maximum absolute atomic E-state index is 13.4. The van der Waals surface area contributed by atoms with Crippen LogP contribution in [0.1, 0.15) is 24.9 Å². The second kappa shape index (κ2) is 10.1. The number of anilines is 1. The van der Waals surface area contributed by atoms with E-state index in [-0.39, 0.29) is 5.91 Å². The van der Waals surface area contributed by atoms with Crippen LogP contribution in [-0.4, -0.2) is 27.6 Å². The van der Waals surface area contributed by atoms with Crippen molar-refractivity contribution in [3.05, 3.63) is 77.6 Å². The third kappa shape index (κ3) is 4.74. The highest BCUT2D eigenvalue weighted by Gasteiger charge is 2.25. The number of methoxy groups -OCH3 is 1. The van der Waals surface area contributed by atoms with E-state index < -0.39 is 6.04 Å². The van der Waals surface area contributed by atoms with Crippen molar-refractivity contribution in [2.24, 2.45) is 0 Å². The summed E-state index contributed by atoms with van der Waals surface area (Å²) in [5.41, 5.74) is 3.35. The van der Waals surface area contributed by atoms with E-state index in [0.717, 1.165) is 21.8 Å². The molecule has 0 fully saturated rings. The number of halogens is 1. The van der Waals surface area contributed by atoms with Gasteiger partial charge in [0, 0.05) is 17.0 Å². The summed E-state index contributed by atoms with van der Waals surface area (Å²) in [6, 6.07) is 16.5. The van der Waals surface area contributed by atoms with Gasteiger partial charge in [0.05, 0.1) is 30.0 Å². The van der Waals surface area contributed by atoms with E-state index in [9.17, 15) is 4.79 Å². The molecule has 0 aliphatic carbocycles. The van der Waals surface area contributed by atoms with E-state index in [1.807, 2.05) is 66.1 Å². The first kappa shape index (κ1) is 22.2. The Morgan fingerprint density at radius 3 is 2.84 bits per heavy atom. The summed E-state index contributed by atoms with van der Waals surface area (Å²) in [6.45, 7) is 1.99. The minimum atomic E-state index is -0.462. The molecule has 32 heavy (non-hydrogen) atoms. The molecule has 1 N–H and O–H groups in total. The van der Waals surface area contributed by atoms with Crippen molar-refractivity contribution in [1.82, 2.24) is 14.5 Å². The summed E-state index contributed by atoms with van der Waals surface area (Å²) in [7, 11) is 1.59. The topological polar surface area (TPSA) is 69.0 Å². The minimum Gasteiger partial charge on any atom is -0.495 e. The lowest BCUT2D eigenvalue weighted by atomic mass is 10.2. The summed E-state index contributed by atoms with van der Waals surface area (Å²) >= 11 is 7.71. The van der Waals surface area contributed by atoms with Gasteiger partial charge < -0.3 is 14.6 Å². The van der Waals surface area contributed by atoms with Crippen LogP contribution in [0.15, 0.2) is 72.1 Å². The number of amides is 1. The molecule has 1 amide bonds. The van der Waals surface area contributed by atoms with Gasteiger partial charge in [-0.2, -0.15) is 0 Å². The Morgan fingerprint density at radius 2 is 2.06 bits per heavy atom. The van der Waals surface area contributed by atoms with E-state index in [4.69, 9.17) is 21.3 Å². The van der Waals surface area contributed by atoms with Crippen molar-refractivity contribution in [2.75, 3.05) is 12.4 Å². The van der Waals surface area contributed by atoms with Gasteiger partial charge in [0.15, 0.2) is 5.16 Å². The number of para-hydroxylation sites is 2. The molecule has 4 aromatic rings. The average molecular weight is 467 g/mol. The molecule has 0 radical (unpaired) electrons. The Kier molecular flexibility index (Phi) is 6.97. The van der Waals surface area contributed by atoms with Crippen molar-refractivity contribution in [2.45, 2.75) is 30.3 Å². The molecule has 0 spiro atoms. The van der Waals surface area contributed by atoms with Gasteiger partial charge in [-0.3, -0.25) is 9.78 Å². The van der Waals surface area contributed by atoms with Crippen molar-refractivity contribution >= 4 is 46.0 Å². The first-order valence-electron chi connectivity index (χ1n) is 10.2. The van der Waals surface area contributed by atoms with E-state index in [1.165, 1.54) is 0 Å². The second-order valence-corrected chi connectivity index (χ2v) is 8.54. The zero-order valence-corrected chi connectivity index (χ0v) is 19.4. The number of carbonyl (C=O) groups is 1. The van der Waals surface area contributed by atoms with Crippen LogP contribution in [0.25, 0.3) is 11.0 Å². The number of hydrogen-bond donors (Lipinski definition) is 1. The zero-order valence-electron chi connectivity index (χ0n) is 17.8. The summed E-state index contributed by atoms with van der Waals surface area (Å²) < 4.78 is 7.36. The van der Waals surface area contributed by atoms with Crippen molar-refractivity contribution < 1.29 is 9.53 Å². The van der Waals surface area contributed by atoms with E-state index >= 15 is 0 Å². The normalized spacial score (nSPS) is 12.0. The summed E-state index contributed by atoms with van der Waals surface area (Å²) in [5, 5.41) is 4.47. The molecule has 0 aliphatic rings. The van der Waals surface area contributed by atoms with Gasteiger partial charge in [0.1, 0.15) is 11.8 Å². The molecule has 2 heterocycles. The fourth-order valence-corrected chi connectivity index (χ4v) is 4.76. The number of fused-ring (bicyclic) bond motifs is 1. The average Bonchev–Trinajstić information content (AvgIpc) is 3.17. The number of pyridine rings is 1. The monoisotopic (exact) mass is 466 g/mol. The molecule has 0 saturated carbocycles. The Morgan fingerprint density at radius 1 is 1.22 bits per heavy atom. The fraction of sp³-hybridized carbons (Fsp3) is 0.208. The van der Waals surface area contributed by atoms with E-state index in [0.29, 0.717) is 28.6 Å². The minimum absolute atomic E-state index is 0.134. The lowest BCUT2D eigenvalue weighted by Gasteiger charge is -2.20. The third-order valence-electron chi connectivity index (χ3n) is 5.08. The Labute approximate surface area is 196 Å². The predicted octanol–water partition coefficient (Wildman–Crippen LogP) is 5.98. The number of nitrogens with one attached hydrogen (secondary N) is 1. The molecular weight excluding hydrogens is 444 g/mol. The largest absolute Gasteiger partial charge is 0.495 e. The van der Waals surface area contributed by atoms with Gasteiger partial charge >= 0.3 is 0 Å². The van der Waals surface area contributed by atoms with Gasteiger partial charge in [-0.15, -0.1) is 0 Å². The first-order valence-corrected chi connectivity index (χ1v) is 11.6. The lowest BCUT2D eigenvalue weighted by Crippen LogP contribution is -2.26. The van der Waals surface area contributed by atoms with Crippen molar-refractivity contribution in [1.29, 1.82) is 0 Å². The molecule has 0 bridgehead atoms. The smallest absolute Gasteiger partial charge is 0.247 e. The second-order valence-electron chi connectivity index (χ2n) is 7.16. The summed E-state index contributed by atoms with van der Waals surface area (Å²) in [5.74, 6) is 1.16. The number of benzene rings is 2. The van der Waals surface area contributed by atoms with Gasteiger partial charge in [-0.05, 0) is 42.3 Å². The highest BCUT2D eigenvalue weighted by atomic mass is 35.5. The van der Waals surface area contributed by atoms with Crippen LogP contribution in [0, 0.1) is 0 Å². The highest BCUT2D eigenvalue weighted by molar-refractivity contribution is 7.98. The van der Waals surface area contributed by atoms with Crippen LogP contribution < -0.4 is 10.1 Å². The van der Waals surface area contributed by atoms with Crippen LogP contribution in [0.5, 0.6) is 5.75 Å². The molecule has 0 unspecified atom stereocenters. The Hall–Kier alpha value is -3.03. The number of thioether (sulfide) groups is 1. The van der Waals surface area contributed by atoms with E-state index in [2.05, 4.69) is 10.3 Å². The molecule has 2 aromatic heterocycles. The van der Waals surface area contributed by atoms with Crippen LogP contribution in [0.4, 0.5) is 5.69 Å². The fourth-order valence-electron chi connectivity index (χ4n) is 3.55. The maximum Gasteiger partial charge on any atom is 0.247 e. The first-order chi connectivity index (χ1) is 15.6. The number of ether oxygens (including phenoxy) is 1. The van der Waals surface area contributed by atoms with Gasteiger partial charge in [-0.1, -0.05) is 54.6 Å². The standard InChI is InChI=1S/C24H23ClN4O2S/c1-3-20(23(30)27-19-9-4-5-10-22(19)31-2)29-21-14-26-12-11-18(21)28-24(29)32-15-16-7-6-8-17(25)13-16/h4-14,20H,3,15H2,1-2H3,(H,27,30)/t20-/m1/s1. The molecule has 2 aromatic carbocycles. The van der Waals surface area contributed by atoms with E-state index in [1.54, 1.807) is 31.3 Å². The number of nitrogens with zero attached hydrogens (tertiary/aromatic N) is 3. The summed E-state index contributed by atoms with van der Waals surface area (Å²) in [6.07, 6.45) is 4.05. The molecule has 6 nitrogen and oxygen atoms in total. The van der Waals surface area contributed by atoms with Crippen molar-refractivity contribution in [3.63, 3.8) is 0 Å². The Balaban J connectivity index is 1.67. The van der Waals surface area contributed by atoms with Crippen LogP contribution in [-0.2, 0) is 10.5 Å². The van der Waals surface area contributed by atoms with Crippen LogP contribution >= 0.6 is 23.4 Å². The predicted molar refractivity (Wildman–Crippen MR) is 129 cm³/mol. The van der Waals surface area contributed by atoms with Gasteiger partial charge in [0.25, 0.3) is 0 Å². The number of carbonyl (C=O) groups excluding carboxylic acids is 1. The Bertz CT molecular complexity index is 1240. The van der Waals surface area contributed by atoms with Crippen molar-refractivity contribution in [3.8, 4) is 5.75 Å². The quantitative estimate of drug-likeness (QED) is 0.324. The molecule has 0 saturated heterocycles. The van der Waals surface area contributed by atoms with Gasteiger partial charge in [-0.25, -0.2) is 4.98 Å². The SMILES string of the molecule is CC[C@H](C(=O)Nc1ccccc1OC)n1c(SCc2cccc(Cl)c2)nc2ccncc21. The maximum atomic E-state index is 13.4. The number of aromatic nitrogens is 3. The molecule has 164 valence electrons. The van der Waals surface area contributed by atoms with Crippen LogP contribution in [0.3, 0.4) is 0 Å². The highest BCUT2D eigenvalue weighted by Crippen LogP contribution is 2.32. The molecular formula is C24H23ClN4O2S.